The number of non-ortho nitro benzene ring substituents is 1. The van der Waals surface area contributed by atoms with Gasteiger partial charge in [0, 0.05) is 18.6 Å². The number of sulfonamides is 1. The number of nitro groups is 1. The molecule has 2 aromatic carbocycles. The van der Waals surface area contributed by atoms with Crippen molar-refractivity contribution in [2.24, 2.45) is 0 Å². The number of halogens is 1. The molecule has 0 aliphatic heterocycles. The van der Waals surface area contributed by atoms with Gasteiger partial charge in [0.15, 0.2) is 0 Å². The number of nitrogens with zero attached hydrogens (tertiary/aromatic N) is 1. The van der Waals surface area contributed by atoms with Gasteiger partial charge < -0.3 is 0 Å². The van der Waals surface area contributed by atoms with E-state index in [1.165, 1.54) is 17.6 Å². The lowest BCUT2D eigenvalue weighted by Gasteiger charge is -2.18. The lowest BCUT2D eigenvalue weighted by atomic mass is 10.0. The number of carbonyl (C=O) groups excluding carboxylic acids is 1. The summed E-state index contributed by atoms with van der Waals surface area (Å²) in [6, 6.07) is 7.85. The molecule has 9 nitrogen and oxygen atoms in total. The first-order valence-electron chi connectivity index (χ1n) is 7.18. The molecule has 3 N–H and O–H groups in total. The quantitative estimate of drug-likeness (QED) is 0.377. The number of hydrogen-bond donors (Lipinski definition) is 3. The van der Waals surface area contributed by atoms with E-state index in [0.29, 0.717) is 5.56 Å². The highest BCUT2D eigenvalue weighted by Crippen LogP contribution is 2.22. The predicted octanol–water partition coefficient (Wildman–Crippen LogP) is 1.65. The van der Waals surface area contributed by atoms with Crippen LogP contribution in [0.2, 0.25) is 0 Å². The summed E-state index contributed by atoms with van der Waals surface area (Å²) in [5.41, 5.74) is 1.41. The molecule has 26 heavy (non-hydrogen) atoms. The van der Waals surface area contributed by atoms with Crippen LogP contribution in [-0.2, 0) is 14.8 Å². The monoisotopic (exact) mass is 383 g/mol. The largest absolute Gasteiger partial charge is 0.289 e. The molecule has 0 saturated carbocycles. The third kappa shape index (κ3) is 4.81. The van der Waals surface area contributed by atoms with E-state index in [0.717, 1.165) is 36.4 Å². The van der Waals surface area contributed by atoms with Crippen molar-refractivity contribution in [1.82, 2.24) is 10.2 Å². The minimum atomic E-state index is -4.14. The number of nitro benzene ring substituents is 1. The van der Waals surface area contributed by atoms with Crippen molar-refractivity contribution in [3.63, 3.8) is 0 Å². The molecule has 0 unspecified atom stereocenters. The molecule has 0 bridgehead atoms. The maximum atomic E-state index is 13.1. The minimum absolute atomic E-state index is 0.250. The van der Waals surface area contributed by atoms with Gasteiger partial charge in [-0.1, -0.05) is 12.1 Å². The molecule has 0 aliphatic carbocycles. The van der Waals surface area contributed by atoms with Gasteiger partial charge in [0.05, 0.1) is 15.9 Å². The Morgan fingerprint density at radius 2 is 1.73 bits per heavy atom. The molecule has 0 aromatic heterocycles. The van der Waals surface area contributed by atoms with E-state index in [-0.39, 0.29) is 10.6 Å². The summed E-state index contributed by atoms with van der Waals surface area (Å²) in [6.45, 7) is 0. The van der Waals surface area contributed by atoms with E-state index in [9.17, 15) is 27.7 Å². The van der Waals surface area contributed by atoms with Crippen LogP contribution in [0.5, 0.6) is 0 Å². The SMILES string of the molecule is O=C(C[C@H](NS(=O)(=O)c1ccc([N+](=O)[O-])cc1)c1ccc(F)cc1)NO. The molecule has 138 valence electrons. The summed E-state index contributed by atoms with van der Waals surface area (Å²) in [6.07, 6.45) is -0.450. The van der Waals surface area contributed by atoms with Gasteiger partial charge in [0.1, 0.15) is 5.82 Å². The number of benzene rings is 2. The standard InChI is InChI=1S/C15H14FN3O6S/c16-11-3-1-10(2-4-11)14(9-15(20)17-21)18-26(24,25)13-7-5-12(6-8-13)19(22)23/h1-8,14,18,21H,9H2,(H,17,20)/t14-/m0/s1. The van der Waals surface area contributed by atoms with Crippen molar-refractivity contribution in [2.45, 2.75) is 17.4 Å². The second-order valence-corrected chi connectivity index (χ2v) is 6.93. The van der Waals surface area contributed by atoms with Crippen LogP contribution in [0, 0.1) is 15.9 Å². The average molecular weight is 383 g/mol. The first kappa shape index (κ1) is 19.4. The van der Waals surface area contributed by atoms with Crippen LogP contribution in [0.1, 0.15) is 18.0 Å². The van der Waals surface area contributed by atoms with Crippen molar-refractivity contribution < 1.29 is 27.7 Å². The van der Waals surface area contributed by atoms with Crippen LogP contribution in [0.25, 0.3) is 0 Å². The van der Waals surface area contributed by atoms with Crippen molar-refractivity contribution in [3.8, 4) is 0 Å². The Hall–Kier alpha value is -2.89. The van der Waals surface area contributed by atoms with Gasteiger partial charge in [0.2, 0.25) is 15.9 Å². The third-order valence-electron chi connectivity index (χ3n) is 3.44. The van der Waals surface area contributed by atoms with Gasteiger partial charge in [-0.3, -0.25) is 20.1 Å². The molecule has 0 saturated heterocycles. The van der Waals surface area contributed by atoms with Crippen LogP contribution in [0.15, 0.2) is 53.4 Å². The molecule has 2 aromatic rings. The van der Waals surface area contributed by atoms with Gasteiger partial charge in [-0.25, -0.2) is 23.0 Å². The van der Waals surface area contributed by atoms with Crippen LogP contribution in [-0.4, -0.2) is 24.5 Å². The lowest BCUT2D eigenvalue weighted by molar-refractivity contribution is -0.384. The average Bonchev–Trinajstić information content (AvgIpc) is 2.61. The zero-order chi connectivity index (χ0) is 19.3. The highest BCUT2D eigenvalue weighted by Gasteiger charge is 2.24. The Labute approximate surface area is 147 Å². The number of rotatable bonds is 7. The Morgan fingerprint density at radius 1 is 1.15 bits per heavy atom. The molecular weight excluding hydrogens is 369 g/mol. The summed E-state index contributed by atoms with van der Waals surface area (Å²) in [5, 5.41) is 19.3. The highest BCUT2D eigenvalue weighted by molar-refractivity contribution is 7.89. The zero-order valence-corrected chi connectivity index (χ0v) is 13.9. The fourth-order valence-corrected chi connectivity index (χ4v) is 3.38. The molecule has 0 fully saturated rings. The summed E-state index contributed by atoms with van der Waals surface area (Å²) >= 11 is 0. The first-order chi connectivity index (χ1) is 12.2. The normalized spacial score (nSPS) is 12.4. The van der Waals surface area contributed by atoms with Crippen LogP contribution in [0.4, 0.5) is 10.1 Å². The van der Waals surface area contributed by atoms with E-state index in [4.69, 9.17) is 5.21 Å². The van der Waals surface area contributed by atoms with E-state index in [2.05, 4.69) is 4.72 Å². The molecule has 0 spiro atoms. The number of hydroxylamine groups is 1. The number of amides is 1. The maximum Gasteiger partial charge on any atom is 0.269 e. The Kier molecular flexibility index (Phi) is 5.97. The summed E-state index contributed by atoms with van der Waals surface area (Å²) in [4.78, 5) is 21.2. The molecule has 2 rings (SSSR count). The summed E-state index contributed by atoms with van der Waals surface area (Å²) < 4.78 is 40.3. The number of nitrogens with one attached hydrogen (secondary N) is 2. The highest BCUT2D eigenvalue weighted by atomic mass is 32.2. The summed E-state index contributed by atoms with van der Waals surface area (Å²) in [5.74, 6) is -1.40. The Balaban J connectivity index is 2.31. The maximum absolute atomic E-state index is 13.1. The summed E-state index contributed by atoms with van der Waals surface area (Å²) in [7, 11) is -4.14. The van der Waals surface area contributed by atoms with Gasteiger partial charge in [-0.15, -0.1) is 0 Å². The topological polar surface area (TPSA) is 139 Å². The Bertz CT molecular complexity index is 900. The molecule has 0 radical (unpaired) electrons. The minimum Gasteiger partial charge on any atom is -0.289 e. The fourth-order valence-electron chi connectivity index (χ4n) is 2.16. The van der Waals surface area contributed by atoms with E-state index in [1.807, 2.05) is 0 Å². The van der Waals surface area contributed by atoms with Gasteiger partial charge in [0.25, 0.3) is 5.69 Å². The molecule has 1 atom stereocenters. The van der Waals surface area contributed by atoms with Crippen molar-refractivity contribution >= 4 is 21.6 Å². The first-order valence-corrected chi connectivity index (χ1v) is 8.66. The van der Waals surface area contributed by atoms with Crippen molar-refractivity contribution in [1.29, 1.82) is 0 Å². The number of carbonyl (C=O) groups is 1. The van der Waals surface area contributed by atoms with Gasteiger partial charge in [-0.2, -0.15) is 0 Å². The van der Waals surface area contributed by atoms with Crippen LogP contribution in [0.3, 0.4) is 0 Å². The molecule has 0 aliphatic rings. The third-order valence-corrected chi connectivity index (χ3v) is 4.93. The number of hydrogen-bond acceptors (Lipinski definition) is 6. The van der Waals surface area contributed by atoms with E-state index < -0.39 is 39.1 Å². The second-order valence-electron chi connectivity index (χ2n) is 5.22. The molecule has 11 heteroatoms. The van der Waals surface area contributed by atoms with Crippen LogP contribution >= 0.6 is 0 Å². The molecular formula is C15H14FN3O6S. The molecule has 0 heterocycles. The van der Waals surface area contributed by atoms with Crippen LogP contribution < -0.4 is 10.2 Å². The van der Waals surface area contributed by atoms with Crippen molar-refractivity contribution in [2.75, 3.05) is 0 Å². The Morgan fingerprint density at radius 3 is 2.23 bits per heavy atom. The van der Waals surface area contributed by atoms with E-state index in [1.54, 1.807) is 0 Å². The lowest BCUT2D eigenvalue weighted by Crippen LogP contribution is -2.33. The smallest absolute Gasteiger partial charge is 0.269 e. The van der Waals surface area contributed by atoms with Crippen molar-refractivity contribution in [3.05, 3.63) is 70.0 Å². The second kappa shape index (κ2) is 7.99. The van der Waals surface area contributed by atoms with Gasteiger partial charge >= 0.3 is 0 Å². The van der Waals surface area contributed by atoms with E-state index >= 15 is 0 Å². The molecule has 1 amide bonds. The zero-order valence-electron chi connectivity index (χ0n) is 13.1. The van der Waals surface area contributed by atoms with Gasteiger partial charge in [-0.05, 0) is 29.8 Å². The fraction of sp³-hybridized carbons (Fsp3) is 0.133. The predicted molar refractivity (Wildman–Crippen MR) is 87.1 cm³/mol.